The molecule has 4 fully saturated rings. The van der Waals surface area contributed by atoms with Crippen molar-refractivity contribution in [1.29, 1.82) is 0 Å². The molecule has 1 aromatic carbocycles. The van der Waals surface area contributed by atoms with E-state index in [1.807, 2.05) is 24.3 Å². The van der Waals surface area contributed by atoms with E-state index in [1.54, 1.807) is 7.11 Å². The molecule has 5 rings (SSSR count). The molecule has 0 aromatic heterocycles. The molecule has 136 valence electrons. The minimum absolute atomic E-state index is 0.0576. The van der Waals surface area contributed by atoms with Crippen LogP contribution in [-0.4, -0.2) is 26.2 Å². The lowest BCUT2D eigenvalue weighted by Gasteiger charge is -2.55. The number of rotatable bonds is 7. The Morgan fingerprint density at radius 2 is 1.64 bits per heavy atom. The van der Waals surface area contributed by atoms with E-state index >= 15 is 0 Å². The minimum Gasteiger partial charge on any atom is -0.491 e. The SMILES string of the molecule is COCCOc1ccc(CNC(=O)C23CC4CC(CC(C4)C2)C3)cc1. The highest BCUT2D eigenvalue weighted by Gasteiger charge is 2.54. The van der Waals surface area contributed by atoms with Crippen molar-refractivity contribution >= 4 is 5.91 Å². The Morgan fingerprint density at radius 3 is 2.20 bits per heavy atom. The summed E-state index contributed by atoms with van der Waals surface area (Å²) in [5.41, 5.74) is 1.06. The first-order valence-corrected chi connectivity index (χ1v) is 9.66. The van der Waals surface area contributed by atoms with Crippen LogP contribution in [0.3, 0.4) is 0 Å². The Morgan fingerprint density at radius 1 is 1.04 bits per heavy atom. The molecule has 4 saturated carbocycles. The van der Waals surface area contributed by atoms with Gasteiger partial charge in [0, 0.05) is 19.1 Å². The molecule has 4 aliphatic rings. The molecule has 4 nitrogen and oxygen atoms in total. The molecule has 0 unspecified atom stereocenters. The van der Waals surface area contributed by atoms with Gasteiger partial charge in [-0.05, 0) is 74.0 Å². The second-order valence-electron chi connectivity index (χ2n) is 8.37. The van der Waals surface area contributed by atoms with Crippen LogP contribution in [-0.2, 0) is 16.1 Å². The van der Waals surface area contributed by atoms with Crippen LogP contribution >= 0.6 is 0 Å². The quantitative estimate of drug-likeness (QED) is 0.770. The van der Waals surface area contributed by atoms with Gasteiger partial charge in [-0.2, -0.15) is 0 Å². The van der Waals surface area contributed by atoms with E-state index in [1.165, 1.54) is 19.3 Å². The van der Waals surface area contributed by atoms with Crippen LogP contribution in [0.4, 0.5) is 0 Å². The van der Waals surface area contributed by atoms with Crippen molar-refractivity contribution in [2.24, 2.45) is 23.2 Å². The fourth-order valence-electron chi connectivity index (χ4n) is 5.70. The van der Waals surface area contributed by atoms with Crippen molar-refractivity contribution in [3.8, 4) is 5.75 Å². The van der Waals surface area contributed by atoms with E-state index in [-0.39, 0.29) is 5.41 Å². The van der Waals surface area contributed by atoms with Crippen molar-refractivity contribution in [3.63, 3.8) is 0 Å². The molecular weight excluding hydrogens is 314 g/mol. The Kier molecular flexibility index (Phi) is 4.72. The summed E-state index contributed by atoms with van der Waals surface area (Å²) in [6, 6.07) is 7.98. The van der Waals surface area contributed by atoms with Gasteiger partial charge >= 0.3 is 0 Å². The van der Waals surface area contributed by atoms with Crippen molar-refractivity contribution in [1.82, 2.24) is 5.32 Å². The molecule has 1 amide bonds. The Bertz CT molecular complexity index is 575. The Labute approximate surface area is 150 Å². The maximum atomic E-state index is 13.0. The number of methoxy groups -OCH3 is 1. The lowest BCUT2D eigenvalue weighted by molar-refractivity contribution is -0.146. The summed E-state index contributed by atoms with van der Waals surface area (Å²) in [6.07, 6.45) is 7.48. The predicted molar refractivity (Wildman–Crippen MR) is 96.3 cm³/mol. The molecule has 25 heavy (non-hydrogen) atoms. The third kappa shape index (κ3) is 3.55. The smallest absolute Gasteiger partial charge is 0.226 e. The number of carbonyl (C=O) groups excluding carboxylic acids is 1. The maximum absolute atomic E-state index is 13.0. The van der Waals surface area contributed by atoms with Crippen molar-refractivity contribution in [3.05, 3.63) is 29.8 Å². The molecule has 1 N–H and O–H groups in total. The summed E-state index contributed by atoms with van der Waals surface area (Å²) in [7, 11) is 1.67. The van der Waals surface area contributed by atoms with Gasteiger partial charge in [0.1, 0.15) is 12.4 Å². The van der Waals surface area contributed by atoms with E-state index < -0.39 is 0 Å². The molecule has 0 saturated heterocycles. The molecule has 0 radical (unpaired) electrons. The van der Waals surface area contributed by atoms with E-state index in [0.29, 0.717) is 25.7 Å². The second kappa shape index (κ2) is 6.99. The Balaban J connectivity index is 1.31. The third-order valence-corrected chi connectivity index (χ3v) is 6.45. The monoisotopic (exact) mass is 343 g/mol. The lowest BCUT2D eigenvalue weighted by Crippen LogP contribution is -2.53. The zero-order chi connectivity index (χ0) is 17.3. The van der Waals surface area contributed by atoms with Gasteiger partial charge in [0.25, 0.3) is 0 Å². The number of amides is 1. The summed E-state index contributed by atoms with van der Waals surface area (Å²) < 4.78 is 10.6. The largest absolute Gasteiger partial charge is 0.491 e. The molecule has 0 aliphatic heterocycles. The zero-order valence-corrected chi connectivity index (χ0v) is 15.1. The maximum Gasteiger partial charge on any atom is 0.226 e. The molecule has 1 aromatic rings. The van der Waals surface area contributed by atoms with Crippen LogP contribution in [0.2, 0.25) is 0 Å². The number of carbonyl (C=O) groups is 1. The van der Waals surface area contributed by atoms with E-state index in [9.17, 15) is 4.79 Å². The topological polar surface area (TPSA) is 47.6 Å². The number of hydrogen-bond donors (Lipinski definition) is 1. The number of ether oxygens (including phenoxy) is 2. The van der Waals surface area contributed by atoms with Gasteiger partial charge in [-0.1, -0.05) is 12.1 Å². The van der Waals surface area contributed by atoms with Crippen LogP contribution in [0.5, 0.6) is 5.75 Å². The zero-order valence-electron chi connectivity index (χ0n) is 15.1. The number of benzene rings is 1. The summed E-state index contributed by atoms with van der Waals surface area (Å²) >= 11 is 0. The minimum atomic E-state index is -0.0576. The highest BCUT2D eigenvalue weighted by Crippen LogP contribution is 2.60. The van der Waals surface area contributed by atoms with Crippen LogP contribution in [0.25, 0.3) is 0 Å². The van der Waals surface area contributed by atoms with Gasteiger partial charge < -0.3 is 14.8 Å². The Hall–Kier alpha value is -1.55. The third-order valence-electron chi connectivity index (χ3n) is 6.45. The van der Waals surface area contributed by atoms with Gasteiger partial charge in [-0.25, -0.2) is 0 Å². The fourth-order valence-corrected chi connectivity index (χ4v) is 5.70. The van der Waals surface area contributed by atoms with Gasteiger partial charge in [0.2, 0.25) is 5.91 Å². The van der Waals surface area contributed by atoms with Crippen LogP contribution in [0.15, 0.2) is 24.3 Å². The van der Waals surface area contributed by atoms with E-state index in [0.717, 1.165) is 48.3 Å². The van der Waals surface area contributed by atoms with Gasteiger partial charge in [0.05, 0.1) is 6.61 Å². The summed E-state index contributed by atoms with van der Waals surface area (Å²) in [5.74, 6) is 3.56. The second-order valence-corrected chi connectivity index (χ2v) is 8.37. The standard InChI is InChI=1S/C21H29NO3/c1-24-6-7-25-19-4-2-15(3-5-19)14-22-20(23)21-11-16-8-17(12-21)10-18(9-16)13-21/h2-5,16-18H,6-14H2,1H3,(H,22,23). The first-order valence-electron chi connectivity index (χ1n) is 9.66. The molecule has 0 spiro atoms. The summed E-state index contributed by atoms with van der Waals surface area (Å²) in [6.45, 7) is 1.75. The first-order chi connectivity index (χ1) is 12.2. The number of nitrogens with one attached hydrogen (secondary N) is 1. The average molecular weight is 343 g/mol. The van der Waals surface area contributed by atoms with Crippen LogP contribution in [0, 0.1) is 23.2 Å². The molecule has 4 heteroatoms. The van der Waals surface area contributed by atoms with Gasteiger partial charge in [-0.3, -0.25) is 4.79 Å². The molecule has 4 aliphatic carbocycles. The van der Waals surface area contributed by atoms with Gasteiger partial charge in [-0.15, -0.1) is 0 Å². The van der Waals surface area contributed by atoms with Crippen LogP contribution in [0.1, 0.15) is 44.1 Å². The van der Waals surface area contributed by atoms with E-state index in [2.05, 4.69) is 5.32 Å². The predicted octanol–water partition coefficient (Wildman–Crippen LogP) is 3.54. The van der Waals surface area contributed by atoms with Crippen molar-refractivity contribution in [2.45, 2.75) is 45.1 Å². The summed E-state index contributed by atoms with van der Waals surface area (Å²) in [4.78, 5) is 13.0. The van der Waals surface area contributed by atoms with Crippen molar-refractivity contribution in [2.75, 3.05) is 20.3 Å². The van der Waals surface area contributed by atoms with Crippen LogP contribution < -0.4 is 10.1 Å². The molecule has 4 bridgehead atoms. The highest BCUT2D eigenvalue weighted by molar-refractivity contribution is 5.83. The van der Waals surface area contributed by atoms with Crippen molar-refractivity contribution < 1.29 is 14.3 Å². The first kappa shape index (κ1) is 16.9. The fraction of sp³-hybridized carbons (Fsp3) is 0.667. The summed E-state index contributed by atoms with van der Waals surface area (Å²) in [5, 5.41) is 3.23. The normalized spacial score (nSPS) is 32.6. The number of hydrogen-bond acceptors (Lipinski definition) is 3. The molecular formula is C21H29NO3. The van der Waals surface area contributed by atoms with Gasteiger partial charge in [0.15, 0.2) is 0 Å². The molecule has 0 heterocycles. The van der Waals surface area contributed by atoms with E-state index in [4.69, 9.17) is 9.47 Å². The molecule has 0 atom stereocenters. The lowest BCUT2D eigenvalue weighted by atomic mass is 9.49. The highest BCUT2D eigenvalue weighted by atomic mass is 16.5. The average Bonchev–Trinajstić information content (AvgIpc) is 2.60.